The zero-order chi connectivity index (χ0) is 15.2. The molecule has 5 nitrogen and oxygen atoms in total. The van der Waals surface area contributed by atoms with E-state index in [0.717, 1.165) is 31.7 Å². The number of benzene rings is 1. The Bertz CT molecular complexity index is 482. The van der Waals surface area contributed by atoms with Crippen LogP contribution in [-0.4, -0.2) is 44.2 Å². The number of hydrogen-bond donors (Lipinski definition) is 2. The Hall–Kier alpha value is -1.75. The van der Waals surface area contributed by atoms with Gasteiger partial charge in [0.25, 0.3) is 5.91 Å². The largest absolute Gasteiger partial charge is 0.397 e. The van der Waals surface area contributed by atoms with Crippen LogP contribution in [0.4, 0.5) is 11.4 Å². The number of carbonyl (C=O) groups excluding carboxylic acids is 1. The number of ether oxygens (including phenoxy) is 1. The minimum absolute atomic E-state index is 0.0381. The molecule has 0 saturated carbocycles. The molecule has 1 atom stereocenters. The maximum absolute atomic E-state index is 11.9. The van der Waals surface area contributed by atoms with E-state index in [1.54, 1.807) is 31.1 Å². The standard InChI is InChI=1S/C16H25N3O2/c1-19(2)16(20)12-6-7-15(14(17)11-12)18-9-8-13-5-3-4-10-21-13/h6-7,11,13,18H,3-5,8-10,17H2,1-2H3. The zero-order valence-corrected chi connectivity index (χ0v) is 12.9. The van der Waals surface area contributed by atoms with Gasteiger partial charge in [0.15, 0.2) is 0 Å². The average Bonchev–Trinajstić information content (AvgIpc) is 2.49. The molecule has 0 spiro atoms. The molecule has 1 unspecified atom stereocenters. The lowest BCUT2D eigenvalue weighted by atomic mass is 10.1. The van der Waals surface area contributed by atoms with Crippen molar-refractivity contribution < 1.29 is 9.53 Å². The van der Waals surface area contributed by atoms with Crippen molar-refractivity contribution in [3.05, 3.63) is 23.8 Å². The Kier molecular flexibility index (Phi) is 5.44. The summed E-state index contributed by atoms with van der Waals surface area (Å²) in [5.74, 6) is -0.0381. The second-order valence-corrected chi connectivity index (χ2v) is 5.71. The van der Waals surface area contributed by atoms with Gasteiger partial charge in [0.1, 0.15) is 0 Å². The van der Waals surface area contributed by atoms with Gasteiger partial charge in [0, 0.05) is 32.8 Å². The first-order valence-electron chi connectivity index (χ1n) is 7.54. The summed E-state index contributed by atoms with van der Waals surface area (Å²) in [4.78, 5) is 13.4. The van der Waals surface area contributed by atoms with E-state index in [2.05, 4.69) is 5.32 Å². The van der Waals surface area contributed by atoms with E-state index in [1.807, 2.05) is 6.07 Å². The van der Waals surface area contributed by atoms with Gasteiger partial charge in [-0.15, -0.1) is 0 Å². The van der Waals surface area contributed by atoms with Crippen LogP contribution in [0.1, 0.15) is 36.0 Å². The number of nitrogens with zero attached hydrogens (tertiary/aromatic N) is 1. The number of nitrogens with one attached hydrogen (secondary N) is 1. The summed E-state index contributed by atoms with van der Waals surface area (Å²) in [6.45, 7) is 1.71. The van der Waals surface area contributed by atoms with E-state index in [0.29, 0.717) is 17.4 Å². The number of nitrogen functional groups attached to an aromatic ring is 1. The van der Waals surface area contributed by atoms with Crippen LogP contribution < -0.4 is 11.1 Å². The summed E-state index contributed by atoms with van der Waals surface area (Å²) >= 11 is 0. The van der Waals surface area contributed by atoms with E-state index in [9.17, 15) is 4.79 Å². The van der Waals surface area contributed by atoms with Crippen LogP contribution in [0.2, 0.25) is 0 Å². The number of carbonyl (C=O) groups is 1. The van der Waals surface area contributed by atoms with Crippen molar-refractivity contribution in [1.82, 2.24) is 4.90 Å². The third-order valence-corrected chi connectivity index (χ3v) is 3.76. The van der Waals surface area contributed by atoms with E-state index in [4.69, 9.17) is 10.5 Å². The van der Waals surface area contributed by atoms with E-state index >= 15 is 0 Å². The molecule has 1 heterocycles. The van der Waals surface area contributed by atoms with Gasteiger partial charge < -0.3 is 20.7 Å². The van der Waals surface area contributed by atoms with Crippen LogP contribution >= 0.6 is 0 Å². The highest BCUT2D eigenvalue weighted by molar-refractivity contribution is 5.95. The van der Waals surface area contributed by atoms with Gasteiger partial charge in [-0.05, 0) is 43.9 Å². The Labute approximate surface area is 126 Å². The van der Waals surface area contributed by atoms with Crippen LogP contribution in [0.25, 0.3) is 0 Å². The molecule has 1 saturated heterocycles. The van der Waals surface area contributed by atoms with Crippen LogP contribution in [0.5, 0.6) is 0 Å². The van der Waals surface area contributed by atoms with Crippen molar-refractivity contribution in [1.29, 1.82) is 0 Å². The molecular weight excluding hydrogens is 266 g/mol. The van der Waals surface area contributed by atoms with Crippen LogP contribution in [0.3, 0.4) is 0 Å². The van der Waals surface area contributed by atoms with E-state index in [1.165, 1.54) is 12.8 Å². The molecule has 3 N–H and O–H groups in total. The highest BCUT2D eigenvalue weighted by Gasteiger charge is 2.14. The third-order valence-electron chi connectivity index (χ3n) is 3.76. The molecule has 2 rings (SSSR count). The Morgan fingerprint density at radius 1 is 1.43 bits per heavy atom. The monoisotopic (exact) mass is 291 g/mol. The van der Waals surface area contributed by atoms with Crippen LogP contribution in [-0.2, 0) is 4.74 Å². The minimum Gasteiger partial charge on any atom is -0.397 e. The Balaban J connectivity index is 1.87. The normalized spacial score (nSPS) is 18.3. The molecule has 1 aromatic rings. The van der Waals surface area contributed by atoms with Gasteiger partial charge in [0.2, 0.25) is 0 Å². The molecule has 1 aromatic carbocycles. The van der Waals surface area contributed by atoms with Gasteiger partial charge in [-0.2, -0.15) is 0 Å². The third kappa shape index (κ3) is 4.36. The van der Waals surface area contributed by atoms with Gasteiger partial charge in [-0.25, -0.2) is 0 Å². The summed E-state index contributed by atoms with van der Waals surface area (Å²) in [7, 11) is 3.46. The minimum atomic E-state index is -0.0381. The molecule has 5 heteroatoms. The van der Waals surface area contributed by atoms with Crippen molar-refractivity contribution in [2.24, 2.45) is 0 Å². The summed E-state index contributed by atoms with van der Waals surface area (Å²) in [6.07, 6.45) is 4.93. The van der Waals surface area contributed by atoms with Gasteiger partial charge >= 0.3 is 0 Å². The van der Waals surface area contributed by atoms with Crippen molar-refractivity contribution in [2.45, 2.75) is 31.8 Å². The number of nitrogens with two attached hydrogens (primary N) is 1. The van der Waals surface area contributed by atoms with Crippen molar-refractivity contribution in [2.75, 3.05) is 38.3 Å². The Morgan fingerprint density at radius 3 is 2.86 bits per heavy atom. The summed E-state index contributed by atoms with van der Waals surface area (Å²) < 4.78 is 5.70. The maximum Gasteiger partial charge on any atom is 0.253 e. The predicted molar refractivity (Wildman–Crippen MR) is 85.6 cm³/mol. The molecule has 1 amide bonds. The number of amides is 1. The molecule has 0 bridgehead atoms. The molecule has 1 aliphatic rings. The quantitative estimate of drug-likeness (QED) is 0.817. The molecular formula is C16H25N3O2. The molecule has 0 aromatic heterocycles. The smallest absolute Gasteiger partial charge is 0.253 e. The van der Waals surface area contributed by atoms with Gasteiger partial charge in [0.05, 0.1) is 17.5 Å². The lowest BCUT2D eigenvalue weighted by molar-refractivity contribution is 0.0134. The fourth-order valence-electron chi connectivity index (χ4n) is 2.52. The second kappa shape index (κ2) is 7.31. The van der Waals surface area contributed by atoms with Crippen molar-refractivity contribution in [3.63, 3.8) is 0 Å². The molecule has 116 valence electrons. The lowest BCUT2D eigenvalue weighted by Gasteiger charge is -2.23. The summed E-state index contributed by atoms with van der Waals surface area (Å²) in [6, 6.07) is 5.40. The summed E-state index contributed by atoms with van der Waals surface area (Å²) in [5, 5.41) is 3.33. The second-order valence-electron chi connectivity index (χ2n) is 5.71. The molecule has 1 fully saturated rings. The highest BCUT2D eigenvalue weighted by atomic mass is 16.5. The first-order valence-corrected chi connectivity index (χ1v) is 7.54. The molecule has 0 aliphatic carbocycles. The topological polar surface area (TPSA) is 67.6 Å². The fraction of sp³-hybridized carbons (Fsp3) is 0.562. The van der Waals surface area contributed by atoms with Crippen molar-refractivity contribution >= 4 is 17.3 Å². The molecule has 21 heavy (non-hydrogen) atoms. The van der Waals surface area contributed by atoms with Gasteiger partial charge in [-0.1, -0.05) is 0 Å². The number of hydrogen-bond acceptors (Lipinski definition) is 4. The average molecular weight is 291 g/mol. The van der Waals surface area contributed by atoms with Crippen LogP contribution in [0, 0.1) is 0 Å². The number of rotatable bonds is 5. The highest BCUT2D eigenvalue weighted by Crippen LogP contribution is 2.21. The molecule has 1 aliphatic heterocycles. The van der Waals surface area contributed by atoms with Crippen LogP contribution in [0.15, 0.2) is 18.2 Å². The Morgan fingerprint density at radius 2 is 2.24 bits per heavy atom. The van der Waals surface area contributed by atoms with E-state index in [-0.39, 0.29) is 5.91 Å². The number of anilines is 2. The molecule has 0 radical (unpaired) electrons. The van der Waals surface area contributed by atoms with E-state index < -0.39 is 0 Å². The SMILES string of the molecule is CN(C)C(=O)c1ccc(NCCC2CCCCO2)c(N)c1. The summed E-state index contributed by atoms with van der Waals surface area (Å²) in [5.41, 5.74) is 8.10. The fourth-order valence-corrected chi connectivity index (χ4v) is 2.52. The van der Waals surface area contributed by atoms with Gasteiger partial charge in [-0.3, -0.25) is 4.79 Å². The first kappa shape index (κ1) is 15.6. The first-order chi connectivity index (χ1) is 10.1. The maximum atomic E-state index is 11.9. The van der Waals surface area contributed by atoms with Crippen molar-refractivity contribution in [3.8, 4) is 0 Å². The lowest BCUT2D eigenvalue weighted by Crippen LogP contribution is -2.23. The zero-order valence-electron chi connectivity index (χ0n) is 12.9. The predicted octanol–water partition coefficient (Wildman–Crippen LogP) is 2.34.